The van der Waals surface area contributed by atoms with Gasteiger partial charge in [-0.05, 0) is 19.4 Å². The zero-order valence-corrected chi connectivity index (χ0v) is 11.9. The van der Waals surface area contributed by atoms with E-state index in [1.165, 1.54) is 5.57 Å². The van der Waals surface area contributed by atoms with E-state index in [4.69, 9.17) is 10.7 Å². The first-order chi connectivity index (χ1) is 9.98. The third-order valence-electron chi connectivity index (χ3n) is 4.88. The van der Waals surface area contributed by atoms with E-state index in [1.54, 1.807) is 0 Å². The second kappa shape index (κ2) is 4.06. The van der Waals surface area contributed by atoms with Crippen LogP contribution in [0.2, 0.25) is 0 Å². The number of hydrogen-bond donors (Lipinski definition) is 3. The summed E-state index contributed by atoms with van der Waals surface area (Å²) in [5.74, 6) is -2.43. The van der Waals surface area contributed by atoms with Gasteiger partial charge in [0.25, 0.3) is 0 Å². The molecule has 2 bridgehead atoms. The first-order valence-corrected chi connectivity index (χ1v) is 7.27. The molecule has 4 nitrogen and oxygen atoms in total. The van der Waals surface area contributed by atoms with E-state index in [2.05, 4.69) is 0 Å². The van der Waals surface area contributed by atoms with Crippen LogP contribution in [0.25, 0.3) is 10.9 Å². The first-order valence-electron chi connectivity index (χ1n) is 7.27. The number of allylic oxidation sites excluding steroid dienone is 1. The van der Waals surface area contributed by atoms with Crippen molar-refractivity contribution in [1.82, 2.24) is 4.98 Å². The van der Waals surface area contributed by atoms with Crippen LogP contribution in [0.1, 0.15) is 30.5 Å². The molecule has 2 aliphatic carbocycles. The molecule has 0 saturated heterocycles. The Bertz CT molecular complexity index is 780. The van der Waals surface area contributed by atoms with Gasteiger partial charge < -0.3 is 15.9 Å². The highest BCUT2D eigenvalue weighted by atomic mass is 16.5. The molecule has 21 heavy (non-hydrogen) atoms. The third kappa shape index (κ3) is 1.66. The van der Waals surface area contributed by atoms with Gasteiger partial charge in [0.1, 0.15) is 0 Å². The largest absolute Gasteiger partial charge is 0.398 e. The number of aliphatic hydroxyl groups is 2. The summed E-state index contributed by atoms with van der Waals surface area (Å²) in [4.78, 5) is 4.72. The number of anilines is 1. The van der Waals surface area contributed by atoms with Crippen LogP contribution in [0.5, 0.6) is 0 Å². The number of fused-ring (bicyclic) bond motifs is 5. The van der Waals surface area contributed by atoms with Gasteiger partial charge in [-0.2, -0.15) is 0 Å². The highest BCUT2D eigenvalue weighted by Crippen LogP contribution is 2.50. The molecule has 0 saturated carbocycles. The number of hydrogen-bond acceptors (Lipinski definition) is 4. The minimum Gasteiger partial charge on any atom is -0.398 e. The third-order valence-corrected chi connectivity index (χ3v) is 4.88. The lowest BCUT2D eigenvalue weighted by molar-refractivity contribution is -0.214. The van der Waals surface area contributed by atoms with E-state index in [0.717, 1.165) is 22.2 Å². The van der Waals surface area contributed by atoms with Gasteiger partial charge in [-0.15, -0.1) is 0 Å². The van der Waals surface area contributed by atoms with Crippen molar-refractivity contribution in [1.29, 1.82) is 0 Å². The van der Waals surface area contributed by atoms with Crippen LogP contribution in [0.4, 0.5) is 5.69 Å². The maximum Gasteiger partial charge on any atom is 0.176 e. The summed E-state index contributed by atoms with van der Waals surface area (Å²) in [6.45, 7) is 2.03. The number of pyridine rings is 1. The normalized spacial score (nSPS) is 26.3. The minimum absolute atomic E-state index is 0.309. The topological polar surface area (TPSA) is 79.4 Å². The first kappa shape index (κ1) is 12.8. The monoisotopic (exact) mass is 282 g/mol. The van der Waals surface area contributed by atoms with Gasteiger partial charge in [0.15, 0.2) is 5.79 Å². The Labute approximate surface area is 122 Å². The van der Waals surface area contributed by atoms with Crippen molar-refractivity contribution in [2.45, 2.75) is 31.5 Å². The van der Waals surface area contributed by atoms with E-state index in [9.17, 15) is 10.2 Å². The average Bonchev–Trinajstić information content (AvgIpc) is 2.42. The number of nitrogens with two attached hydrogens (primary N) is 1. The molecule has 0 amide bonds. The lowest BCUT2D eigenvalue weighted by atomic mass is 9.66. The summed E-state index contributed by atoms with van der Waals surface area (Å²) >= 11 is 0. The highest BCUT2D eigenvalue weighted by molar-refractivity contribution is 5.92. The standard InChI is InChI=1S/C17H18N2O2/c1-9-6-10-8-14-15(12(7-9)17(10,20)21)16(18)11-4-2-3-5-13(11)19-14/h2-6,10,12,20-21H,7-8H2,1H3,(H2,18,19). The van der Waals surface area contributed by atoms with Crippen molar-refractivity contribution >= 4 is 16.6 Å². The van der Waals surface area contributed by atoms with E-state index in [0.29, 0.717) is 18.5 Å². The Balaban J connectivity index is 2.02. The summed E-state index contributed by atoms with van der Waals surface area (Å²) < 4.78 is 0. The predicted molar refractivity (Wildman–Crippen MR) is 81.6 cm³/mol. The number of benzene rings is 1. The molecule has 2 atom stereocenters. The Morgan fingerprint density at radius 1 is 1.24 bits per heavy atom. The molecular formula is C17H18N2O2. The maximum absolute atomic E-state index is 10.5. The van der Waals surface area contributed by atoms with Crippen molar-refractivity contribution in [2.24, 2.45) is 5.92 Å². The molecule has 2 unspecified atom stereocenters. The van der Waals surface area contributed by atoms with E-state index < -0.39 is 11.7 Å². The number of rotatable bonds is 0. The predicted octanol–water partition coefficient (Wildman–Crippen LogP) is 2.10. The molecule has 0 spiro atoms. The van der Waals surface area contributed by atoms with Crippen molar-refractivity contribution in [3.63, 3.8) is 0 Å². The summed E-state index contributed by atoms with van der Waals surface area (Å²) in [5, 5.41) is 22.0. The molecule has 1 heterocycles. The SMILES string of the molecule is CC1=CC2Cc3nc4ccccc4c(N)c3C(C1)C2(O)O. The van der Waals surface area contributed by atoms with E-state index >= 15 is 0 Å². The molecule has 1 aromatic heterocycles. The summed E-state index contributed by atoms with van der Waals surface area (Å²) in [6.07, 6.45) is 3.10. The Morgan fingerprint density at radius 2 is 2.00 bits per heavy atom. The van der Waals surface area contributed by atoms with Crippen LogP contribution < -0.4 is 5.73 Å². The number of aromatic nitrogens is 1. The molecule has 2 aliphatic rings. The zero-order chi connectivity index (χ0) is 14.8. The lowest BCUT2D eigenvalue weighted by Crippen LogP contribution is -2.50. The van der Waals surface area contributed by atoms with E-state index in [-0.39, 0.29) is 5.92 Å². The fourth-order valence-electron chi connectivity index (χ4n) is 3.85. The highest BCUT2D eigenvalue weighted by Gasteiger charge is 2.50. The molecular weight excluding hydrogens is 264 g/mol. The molecule has 1 aromatic carbocycles. The van der Waals surface area contributed by atoms with Gasteiger partial charge >= 0.3 is 0 Å². The molecule has 4 heteroatoms. The van der Waals surface area contributed by atoms with Crippen LogP contribution in [-0.4, -0.2) is 21.0 Å². The molecule has 2 aromatic rings. The van der Waals surface area contributed by atoms with E-state index in [1.807, 2.05) is 37.3 Å². The van der Waals surface area contributed by atoms with Crippen molar-refractivity contribution in [2.75, 3.05) is 5.73 Å². The average molecular weight is 282 g/mol. The molecule has 0 aliphatic heterocycles. The van der Waals surface area contributed by atoms with Crippen molar-refractivity contribution in [3.05, 3.63) is 47.2 Å². The van der Waals surface area contributed by atoms with Crippen LogP contribution >= 0.6 is 0 Å². The number of nitrogens with zero attached hydrogens (tertiary/aromatic N) is 1. The maximum atomic E-state index is 10.5. The molecule has 108 valence electrons. The summed E-state index contributed by atoms with van der Waals surface area (Å²) in [6, 6.07) is 7.75. The summed E-state index contributed by atoms with van der Waals surface area (Å²) in [5.41, 5.74) is 10.8. The van der Waals surface area contributed by atoms with Crippen molar-refractivity contribution in [3.8, 4) is 0 Å². The van der Waals surface area contributed by atoms with Crippen LogP contribution in [0.3, 0.4) is 0 Å². The van der Waals surface area contributed by atoms with Gasteiger partial charge in [0, 0.05) is 40.6 Å². The molecule has 0 radical (unpaired) electrons. The quantitative estimate of drug-likeness (QED) is 0.511. The van der Waals surface area contributed by atoms with Crippen LogP contribution in [0.15, 0.2) is 35.9 Å². The van der Waals surface area contributed by atoms with Gasteiger partial charge in [-0.3, -0.25) is 4.98 Å². The second-order valence-electron chi connectivity index (χ2n) is 6.27. The van der Waals surface area contributed by atoms with Crippen molar-refractivity contribution < 1.29 is 10.2 Å². The van der Waals surface area contributed by atoms with Gasteiger partial charge in [-0.1, -0.05) is 29.8 Å². The summed E-state index contributed by atoms with van der Waals surface area (Å²) in [7, 11) is 0. The Hall–Kier alpha value is -1.91. The Kier molecular flexibility index (Phi) is 2.47. The zero-order valence-electron chi connectivity index (χ0n) is 11.9. The molecule has 0 fully saturated rings. The smallest absolute Gasteiger partial charge is 0.176 e. The second-order valence-corrected chi connectivity index (χ2v) is 6.27. The fourth-order valence-corrected chi connectivity index (χ4v) is 3.85. The number of para-hydroxylation sites is 1. The van der Waals surface area contributed by atoms with Crippen LogP contribution in [0, 0.1) is 5.92 Å². The number of nitrogen functional groups attached to an aromatic ring is 1. The van der Waals surface area contributed by atoms with Gasteiger partial charge in [0.2, 0.25) is 0 Å². The molecule has 4 rings (SSSR count). The van der Waals surface area contributed by atoms with Gasteiger partial charge in [-0.25, -0.2) is 0 Å². The van der Waals surface area contributed by atoms with Gasteiger partial charge in [0.05, 0.1) is 5.52 Å². The van der Waals surface area contributed by atoms with Crippen LogP contribution in [-0.2, 0) is 6.42 Å². The fraction of sp³-hybridized carbons (Fsp3) is 0.353. The Morgan fingerprint density at radius 3 is 2.81 bits per heavy atom. The molecule has 4 N–H and O–H groups in total. The minimum atomic E-state index is -1.73. The lowest BCUT2D eigenvalue weighted by Gasteiger charge is -2.45.